The van der Waals surface area contributed by atoms with Crippen LogP contribution in [0.5, 0.6) is 0 Å². The van der Waals surface area contributed by atoms with Crippen LogP contribution in [0.1, 0.15) is 23.0 Å². The first-order valence-corrected chi connectivity index (χ1v) is 51.3. The third kappa shape index (κ3) is 17.9. The Morgan fingerprint density at radius 1 is 0.156 bits per heavy atom. The summed E-state index contributed by atoms with van der Waals surface area (Å²) in [4.78, 5) is 39.6. The molecule has 0 aliphatic rings. The number of aromatic nitrogens is 9. The molecule has 0 aliphatic heterocycles. The van der Waals surface area contributed by atoms with Gasteiger partial charge in [-0.05, 0) is 134 Å². The first kappa shape index (κ1) is 84.8. The second kappa shape index (κ2) is 40.1. The fraction of sp³-hybridized carbons (Fsp3) is 0.0348. The molecule has 0 N–H and O–H groups in total. The van der Waals surface area contributed by atoms with Crippen molar-refractivity contribution in [2.45, 2.75) is 27.7 Å². The van der Waals surface area contributed by atoms with Crippen LogP contribution in [-0.4, -0.2) is 77.2 Å². The van der Waals surface area contributed by atoms with Crippen LogP contribution in [0.15, 0.2) is 504 Å². The molecule has 0 fully saturated rings. The lowest BCUT2D eigenvalue weighted by Gasteiger charge is -2.34. The van der Waals surface area contributed by atoms with Crippen molar-refractivity contribution in [2.24, 2.45) is 0 Å². The van der Waals surface area contributed by atoms with Gasteiger partial charge in [-0.25, -0.2) is 39.9 Å². The van der Waals surface area contributed by atoms with Crippen molar-refractivity contribution in [3.63, 3.8) is 0 Å². The second-order valence-electron chi connectivity index (χ2n) is 31.6. The minimum atomic E-state index is -2.55. The van der Waals surface area contributed by atoms with E-state index < -0.39 is 32.3 Å². The maximum absolute atomic E-state index is 4.61. The lowest BCUT2D eigenvalue weighted by molar-refractivity contribution is 0.982. The highest BCUT2D eigenvalue weighted by Crippen LogP contribution is 2.24. The fourth-order valence-electron chi connectivity index (χ4n) is 18.1. The Kier molecular flexibility index (Phi) is 26.6. The van der Waals surface area contributed by atoms with Crippen molar-refractivity contribution in [3.05, 3.63) is 527 Å². The second-order valence-corrected chi connectivity index (χ2v) is 46.9. The summed E-state index contributed by atoms with van der Waals surface area (Å²) in [6, 6.07) is 173. The molecule has 0 atom stereocenters. The van der Waals surface area contributed by atoms with E-state index in [2.05, 4.69) is 519 Å². The number of hydrogen-bond donors (Lipinski definition) is 0. The molecular formula is C115H95N9Si4. The molecule has 616 valence electrons. The topological polar surface area (TPSA) is 116 Å². The van der Waals surface area contributed by atoms with E-state index in [4.69, 9.17) is 0 Å². The molecule has 9 nitrogen and oxygen atoms in total. The van der Waals surface area contributed by atoms with E-state index in [1.165, 1.54) is 88.6 Å². The molecule has 16 aromatic carbocycles. The van der Waals surface area contributed by atoms with Gasteiger partial charge in [0.15, 0.2) is 43.9 Å². The highest BCUT2D eigenvalue weighted by atomic mass is 28.3. The van der Waals surface area contributed by atoms with Gasteiger partial charge in [0.1, 0.15) is 30.1 Å². The number of nitrogens with zero attached hydrogens (tertiary/aromatic N) is 9. The van der Waals surface area contributed by atoms with Gasteiger partial charge in [-0.3, -0.25) is 4.98 Å². The largest absolute Gasteiger partial charge is 0.256 e. The summed E-state index contributed by atoms with van der Waals surface area (Å²) < 4.78 is 0. The van der Waals surface area contributed by atoms with Crippen molar-refractivity contribution in [2.75, 3.05) is 0 Å². The van der Waals surface area contributed by atoms with Crippen LogP contribution in [0, 0.1) is 27.7 Å². The molecule has 0 spiro atoms. The zero-order chi connectivity index (χ0) is 87.2. The van der Waals surface area contributed by atoms with Crippen LogP contribution in [-0.2, 0) is 0 Å². The lowest BCUT2D eigenvalue weighted by atomic mass is 10.1. The lowest BCUT2D eigenvalue weighted by Crippen LogP contribution is -2.74. The van der Waals surface area contributed by atoms with E-state index in [9.17, 15) is 0 Å². The fourth-order valence-corrected chi connectivity index (χ4v) is 37.2. The summed E-state index contributed by atoms with van der Waals surface area (Å²) in [7, 11) is -9.96. The summed E-state index contributed by atoms with van der Waals surface area (Å²) in [6.45, 7) is 7.82. The Morgan fingerprint density at radius 2 is 0.391 bits per heavy atom. The highest BCUT2D eigenvalue weighted by molar-refractivity contribution is 7.22. The van der Waals surface area contributed by atoms with Crippen molar-refractivity contribution in [1.29, 1.82) is 0 Å². The third-order valence-corrected chi connectivity index (χ3v) is 43.1. The molecule has 0 saturated heterocycles. The Hall–Kier alpha value is -15.4. The molecule has 0 saturated carbocycles. The first-order chi connectivity index (χ1) is 63.1. The zero-order valence-electron chi connectivity index (χ0n) is 71.9. The van der Waals surface area contributed by atoms with E-state index in [0.29, 0.717) is 11.6 Å². The van der Waals surface area contributed by atoms with E-state index in [1.54, 1.807) is 12.7 Å². The van der Waals surface area contributed by atoms with Crippen LogP contribution in [0.3, 0.4) is 0 Å². The van der Waals surface area contributed by atoms with Gasteiger partial charge in [-0.2, -0.15) is 0 Å². The van der Waals surface area contributed by atoms with E-state index in [-0.39, 0.29) is 0 Å². The smallest absolute Gasteiger partial charge is 0.179 e. The molecule has 4 aromatic heterocycles. The molecule has 0 aliphatic carbocycles. The quantitative estimate of drug-likeness (QED) is 0.0543. The molecule has 0 amide bonds. The van der Waals surface area contributed by atoms with Gasteiger partial charge in [0.2, 0.25) is 0 Å². The van der Waals surface area contributed by atoms with Crippen LogP contribution in [0.25, 0.3) is 45.3 Å². The van der Waals surface area contributed by atoms with Crippen LogP contribution in [0.2, 0.25) is 0 Å². The highest BCUT2D eigenvalue weighted by Gasteiger charge is 2.45. The van der Waals surface area contributed by atoms with Gasteiger partial charge >= 0.3 is 0 Å². The molecular weight excluding hydrogens is 1620 g/mol. The van der Waals surface area contributed by atoms with Crippen molar-refractivity contribution in [3.8, 4) is 45.3 Å². The summed E-state index contributed by atoms with van der Waals surface area (Å²) in [5.74, 6) is 3.64. The molecule has 13 heteroatoms. The molecule has 0 unspecified atom stereocenters. The van der Waals surface area contributed by atoms with Gasteiger partial charge in [0.25, 0.3) is 0 Å². The maximum Gasteiger partial charge on any atom is 0.179 e. The summed E-state index contributed by atoms with van der Waals surface area (Å²) in [6.07, 6.45) is 6.86. The number of rotatable bonds is 20. The van der Waals surface area contributed by atoms with Crippen LogP contribution >= 0.6 is 0 Å². The average molecular weight is 1720 g/mol. The van der Waals surface area contributed by atoms with E-state index >= 15 is 0 Å². The SMILES string of the molecule is Cc1ccnc(-c2ccc([Si](c3ccccc3)(c3ccccc3)c3ccccc3)cc2)c1.Cc1nccc(-c2ccc([Si](c3ccccc3)(c3ccccc3)c3ccccc3)cc2)n1.Cc1ncnc(-c2ccc([Si](c3ccccc3)(c3ccccc3)c3ccccc3)cc2)n1.Cc1ncnc(-c2cccc([Si](c3ccccc3)(c3ccccc3)c3ccccc3)c2)n1. The Labute approximate surface area is 754 Å². The van der Waals surface area contributed by atoms with Crippen molar-refractivity contribution < 1.29 is 0 Å². The third-order valence-electron chi connectivity index (χ3n) is 23.9. The summed E-state index contributed by atoms with van der Waals surface area (Å²) in [5, 5.41) is 21.8. The summed E-state index contributed by atoms with van der Waals surface area (Å²) >= 11 is 0. The number of pyridine rings is 1. The van der Waals surface area contributed by atoms with Crippen LogP contribution in [0.4, 0.5) is 0 Å². The molecule has 20 rings (SSSR count). The van der Waals surface area contributed by atoms with E-state index in [0.717, 1.165) is 51.1 Å². The zero-order valence-corrected chi connectivity index (χ0v) is 75.9. The molecule has 20 aromatic rings. The monoisotopic (exact) mass is 1710 g/mol. The molecule has 128 heavy (non-hydrogen) atoms. The summed E-state index contributed by atoms with van der Waals surface area (Å²) in [5.41, 5.74) is 7.45. The maximum atomic E-state index is 4.61. The van der Waals surface area contributed by atoms with Crippen molar-refractivity contribution >= 4 is 115 Å². The normalized spacial score (nSPS) is 11.3. The Bertz CT molecular complexity index is 6030. The predicted molar refractivity (Wildman–Crippen MR) is 541 cm³/mol. The molecule has 4 heterocycles. The Balaban J connectivity index is 0.000000120. The molecule has 0 radical (unpaired) electrons. The number of benzene rings is 16. The first-order valence-electron chi connectivity index (χ1n) is 43.3. The van der Waals surface area contributed by atoms with Gasteiger partial charge in [0.05, 0.1) is 11.4 Å². The van der Waals surface area contributed by atoms with Crippen molar-refractivity contribution in [1.82, 2.24) is 44.9 Å². The van der Waals surface area contributed by atoms with Crippen LogP contribution < -0.4 is 83.0 Å². The van der Waals surface area contributed by atoms with Gasteiger partial charge in [-0.1, -0.05) is 461 Å². The number of hydrogen-bond acceptors (Lipinski definition) is 9. The molecule has 0 bridgehead atoms. The predicted octanol–water partition coefficient (Wildman–Crippen LogP) is 14.7. The van der Waals surface area contributed by atoms with Gasteiger partial charge in [-0.15, -0.1) is 0 Å². The average Bonchev–Trinajstić information content (AvgIpc) is 0.751. The Morgan fingerprint density at radius 3 is 0.664 bits per heavy atom. The minimum Gasteiger partial charge on any atom is -0.256 e. The van der Waals surface area contributed by atoms with Gasteiger partial charge < -0.3 is 0 Å². The van der Waals surface area contributed by atoms with E-state index in [1.807, 2.05) is 45.3 Å². The standard InChI is InChI=1S/C30H25NSi.C29H24N2Si.2C28H23N3Si/c1-24-21-22-31-30(23-24)25-17-19-29(20-18-25)32(26-11-5-2-6-12-26,27-13-7-3-8-14-27)28-15-9-4-10-16-28;1-23-30-22-21-29(31-23)24-17-19-28(20-18-24)32(25-11-5-2-6-12-25,26-13-7-3-8-14-26)27-15-9-4-10-16-27;1-22-29-21-30-28(31-22)23-12-11-19-27(20-23)32(24-13-5-2-6-14-24,25-15-7-3-8-16-25)26-17-9-4-10-18-26;1-22-29-21-30-28(31-22)23-17-19-27(20-18-23)32(24-11-5-2-6-12-24,25-13-7-3-8-14-25)26-15-9-4-10-16-26/h2-23H,1H3;2-22H,1H3;2*2-21H,1H3. The van der Waals surface area contributed by atoms with Gasteiger partial charge in [0, 0.05) is 34.6 Å². The minimum absolute atomic E-state index is 0.704. The number of aryl methyl sites for hydroxylation is 4.